The van der Waals surface area contributed by atoms with E-state index in [1.165, 1.54) is 23.5 Å². The third-order valence-corrected chi connectivity index (χ3v) is 4.78. The van der Waals surface area contributed by atoms with Gasteiger partial charge in [-0.05, 0) is 6.92 Å². The molecule has 0 rings (SSSR count). The lowest BCUT2D eigenvalue weighted by molar-refractivity contribution is -0.137. The molecule has 0 aliphatic carbocycles. The first kappa shape index (κ1) is 15.4. The first-order valence-electron chi connectivity index (χ1n) is 4.75. The summed E-state index contributed by atoms with van der Waals surface area (Å²) in [5, 5.41) is 17.0. The topological polar surface area (TPSA) is 74.6 Å². The smallest absolute Gasteiger partial charge is 0.304 e. The minimum Gasteiger partial charge on any atom is -0.481 e. The van der Waals surface area contributed by atoms with Crippen LogP contribution in [-0.2, 0) is 9.59 Å². The fourth-order valence-electron chi connectivity index (χ4n) is 0.842. The second-order valence-corrected chi connectivity index (χ2v) is 6.55. The Morgan fingerprint density at radius 1 is 1.19 bits per heavy atom. The maximum absolute atomic E-state index is 10.4. The fraction of sp³-hybridized carbons (Fsp3) is 0.600. The molecule has 0 amide bonds. The highest BCUT2D eigenvalue weighted by molar-refractivity contribution is 8.18. The van der Waals surface area contributed by atoms with Crippen molar-refractivity contribution in [2.45, 2.75) is 23.8 Å². The molecule has 0 saturated carbocycles. The summed E-state index contributed by atoms with van der Waals surface area (Å²) in [6.45, 7) is 5.61. The van der Waals surface area contributed by atoms with Crippen molar-refractivity contribution in [3.8, 4) is 0 Å². The van der Waals surface area contributed by atoms with Gasteiger partial charge in [-0.3, -0.25) is 9.59 Å². The summed E-state index contributed by atoms with van der Waals surface area (Å²) in [6, 6.07) is 0. The van der Waals surface area contributed by atoms with Crippen LogP contribution in [0.5, 0.6) is 0 Å². The summed E-state index contributed by atoms with van der Waals surface area (Å²) in [5.41, 5.74) is 0. The quantitative estimate of drug-likeness (QED) is 0.491. The van der Waals surface area contributed by atoms with E-state index in [0.29, 0.717) is 11.5 Å². The Labute approximate surface area is 103 Å². The van der Waals surface area contributed by atoms with E-state index in [4.69, 9.17) is 10.2 Å². The first-order chi connectivity index (χ1) is 7.39. The van der Waals surface area contributed by atoms with E-state index in [-0.39, 0.29) is 16.9 Å². The average Bonchev–Trinajstić information content (AvgIpc) is 2.16. The molecule has 0 spiro atoms. The van der Waals surface area contributed by atoms with Gasteiger partial charge in [0, 0.05) is 11.5 Å². The predicted octanol–water partition coefficient (Wildman–Crippen LogP) is 2.30. The summed E-state index contributed by atoms with van der Waals surface area (Å²) in [7, 11) is 0. The average molecular weight is 264 g/mol. The minimum absolute atomic E-state index is 0.105. The number of carboxylic acids is 2. The third-order valence-electron chi connectivity index (χ3n) is 1.78. The van der Waals surface area contributed by atoms with Gasteiger partial charge < -0.3 is 10.2 Å². The van der Waals surface area contributed by atoms with Crippen molar-refractivity contribution in [2.75, 3.05) is 11.5 Å². The molecule has 4 nitrogen and oxygen atoms in total. The van der Waals surface area contributed by atoms with Crippen molar-refractivity contribution in [1.82, 2.24) is 0 Å². The second kappa shape index (κ2) is 7.62. The van der Waals surface area contributed by atoms with Gasteiger partial charge in [0.15, 0.2) is 0 Å². The van der Waals surface area contributed by atoms with E-state index < -0.39 is 11.9 Å². The highest BCUT2D eigenvalue weighted by Crippen LogP contribution is 2.38. The van der Waals surface area contributed by atoms with E-state index in [2.05, 4.69) is 6.58 Å². The highest BCUT2D eigenvalue weighted by atomic mass is 32.2. The number of rotatable bonds is 9. The van der Waals surface area contributed by atoms with Crippen molar-refractivity contribution in [3.05, 3.63) is 12.7 Å². The van der Waals surface area contributed by atoms with Gasteiger partial charge in [0.1, 0.15) is 0 Å². The van der Waals surface area contributed by atoms with E-state index in [1.54, 1.807) is 6.08 Å². The van der Waals surface area contributed by atoms with Gasteiger partial charge >= 0.3 is 11.9 Å². The van der Waals surface area contributed by atoms with E-state index >= 15 is 0 Å². The van der Waals surface area contributed by atoms with E-state index in [0.717, 1.165) is 0 Å². The van der Waals surface area contributed by atoms with Gasteiger partial charge in [-0.1, -0.05) is 6.08 Å². The number of carbonyl (C=O) groups is 2. The van der Waals surface area contributed by atoms with Gasteiger partial charge in [-0.25, -0.2) is 0 Å². The summed E-state index contributed by atoms with van der Waals surface area (Å²) < 4.78 is -0.315. The second-order valence-electron chi connectivity index (χ2n) is 3.20. The Morgan fingerprint density at radius 3 is 1.81 bits per heavy atom. The van der Waals surface area contributed by atoms with Crippen molar-refractivity contribution in [1.29, 1.82) is 0 Å². The Balaban J connectivity index is 3.95. The van der Waals surface area contributed by atoms with E-state index in [9.17, 15) is 9.59 Å². The monoisotopic (exact) mass is 264 g/mol. The van der Waals surface area contributed by atoms with Crippen molar-refractivity contribution in [3.63, 3.8) is 0 Å². The van der Waals surface area contributed by atoms with Crippen LogP contribution in [-0.4, -0.2) is 37.7 Å². The van der Waals surface area contributed by atoms with Gasteiger partial charge in [0.05, 0.1) is 16.9 Å². The lowest BCUT2D eigenvalue weighted by atomic mass is 10.5. The van der Waals surface area contributed by atoms with Crippen LogP contribution in [0.3, 0.4) is 0 Å². The molecule has 0 heterocycles. The number of aliphatic carboxylic acids is 2. The van der Waals surface area contributed by atoms with Gasteiger partial charge in [-0.2, -0.15) is 0 Å². The molecule has 2 N–H and O–H groups in total. The minimum atomic E-state index is -0.825. The maximum atomic E-state index is 10.4. The normalized spacial score (nSPS) is 11.1. The third kappa shape index (κ3) is 7.64. The molecule has 6 heteroatoms. The van der Waals surface area contributed by atoms with Crippen LogP contribution in [0.25, 0.3) is 0 Å². The molecule has 0 radical (unpaired) electrons. The number of carboxylic acid groups (broad SMARTS) is 2. The molecule has 0 aliphatic rings. The predicted molar refractivity (Wildman–Crippen MR) is 68.0 cm³/mol. The fourth-order valence-corrected chi connectivity index (χ4v) is 3.27. The van der Waals surface area contributed by atoms with Crippen LogP contribution in [0.4, 0.5) is 0 Å². The van der Waals surface area contributed by atoms with E-state index in [1.807, 2.05) is 6.92 Å². The Hall–Kier alpha value is -0.620. The van der Waals surface area contributed by atoms with Crippen LogP contribution in [0.2, 0.25) is 0 Å². The Morgan fingerprint density at radius 2 is 1.56 bits per heavy atom. The molecule has 0 unspecified atom stereocenters. The molecule has 0 aromatic rings. The highest BCUT2D eigenvalue weighted by Gasteiger charge is 2.21. The summed E-state index contributed by atoms with van der Waals surface area (Å²) in [5.74, 6) is -0.653. The van der Waals surface area contributed by atoms with Gasteiger partial charge in [0.2, 0.25) is 0 Å². The molecule has 0 aromatic heterocycles. The zero-order chi connectivity index (χ0) is 12.6. The van der Waals surface area contributed by atoms with Gasteiger partial charge in [-0.15, -0.1) is 30.1 Å². The van der Waals surface area contributed by atoms with Crippen molar-refractivity contribution in [2.24, 2.45) is 0 Å². The van der Waals surface area contributed by atoms with Crippen LogP contribution in [0.15, 0.2) is 12.7 Å². The van der Waals surface area contributed by atoms with Crippen LogP contribution < -0.4 is 0 Å². The lowest BCUT2D eigenvalue weighted by Gasteiger charge is -2.23. The Bertz CT molecular complexity index is 246. The SMILES string of the molecule is C=CC(C)(SCCC(=O)O)SCCC(=O)O. The standard InChI is InChI=1S/C10H16O4S2/c1-3-10(2,15-6-4-8(11)12)16-7-5-9(13)14/h3H,1,4-7H2,2H3,(H,11,12)(H,13,14). The molecule has 0 atom stereocenters. The molecule has 16 heavy (non-hydrogen) atoms. The molecule has 0 saturated heterocycles. The molecule has 0 bridgehead atoms. The van der Waals surface area contributed by atoms with Gasteiger partial charge in [0.25, 0.3) is 0 Å². The van der Waals surface area contributed by atoms with Crippen LogP contribution in [0, 0.1) is 0 Å². The summed E-state index contributed by atoms with van der Waals surface area (Å²) in [6.07, 6.45) is 1.94. The summed E-state index contributed by atoms with van der Waals surface area (Å²) in [4.78, 5) is 20.7. The van der Waals surface area contributed by atoms with Crippen LogP contribution >= 0.6 is 23.5 Å². The first-order valence-corrected chi connectivity index (χ1v) is 6.72. The lowest BCUT2D eigenvalue weighted by Crippen LogP contribution is -2.14. The molecule has 0 fully saturated rings. The Kier molecular flexibility index (Phi) is 7.33. The zero-order valence-electron chi connectivity index (χ0n) is 9.14. The summed E-state index contributed by atoms with van der Waals surface area (Å²) >= 11 is 2.95. The van der Waals surface area contributed by atoms with Crippen molar-refractivity contribution < 1.29 is 19.8 Å². The number of hydrogen-bond acceptors (Lipinski definition) is 4. The molecular formula is C10H16O4S2. The number of hydrogen-bond donors (Lipinski definition) is 2. The van der Waals surface area contributed by atoms with Crippen molar-refractivity contribution >= 4 is 35.5 Å². The van der Waals surface area contributed by atoms with Crippen LogP contribution in [0.1, 0.15) is 19.8 Å². The number of thioether (sulfide) groups is 2. The molecular weight excluding hydrogens is 248 g/mol. The maximum Gasteiger partial charge on any atom is 0.304 e. The largest absolute Gasteiger partial charge is 0.481 e. The molecule has 0 aliphatic heterocycles. The molecule has 0 aromatic carbocycles. The molecule has 92 valence electrons. The zero-order valence-corrected chi connectivity index (χ0v) is 10.8.